The lowest BCUT2D eigenvalue weighted by molar-refractivity contribution is 0.0444. The van der Waals surface area contributed by atoms with E-state index in [1.54, 1.807) is 47.0 Å². The highest BCUT2D eigenvalue weighted by molar-refractivity contribution is 8.33. The zero-order valence-corrected chi connectivity index (χ0v) is 86.0. The molecule has 138 heavy (non-hydrogen) atoms. The zero-order chi connectivity index (χ0) is 96.5. The van der Waals surface area contributed by atoms with Crippen molar-refractivity contribution in [3.8, 4) is 56.8 Å². The van der Waals surface area contributed by atoms with Crippen molar-refractivity contribution >= 4 is 57.8 Å². The molecule has 13 aromatic carbocycles. The van der Waals surface area contributed by atoms with E-state index in [4.69, 9.17) is 56.8 Å². The van der Waals surface area contributed by atoms with E-state index in [9.17, 15) is 0 Å². The fourth-order valence-corrected chi connectivity index (χ4v) is 22.3. The average Bonchev–Trinajstić information content (AvgIpc) is 0.823. The lowest BCUT2D eigenvalue weighted by Crippen LogP contribution is -2.31. The van der Waals surface area contributed by atoms with E-state index in [1.807, 2.05) is 48.5 Å². The number of thioether (sulfide) groups is 4. The second-order valence-electron chi connectivity index (χ2n) is 39.0. The van der Waals surface area contributed by atoms with E-state index in [2.05, 4.69) is 363 Å². The third kappa shape index (κ3) is 26.3. The van der Waals surface area contributed by atoms with Crippen LogP contribution in [0.25, 0.3) is 33.0 Å². The van der Waals surface area contributed by atoms with Crippen LogP contribution in [-0.2, 0) is 73.8 Å². The smallest absolute Gasteiger partial charge is 0.127 e. The summed E-state index contributed by atoms with van der Waals surface area (Å²) < 4.78 is 75.8. The van der Waals surface area contributed by atoms with Crippen LogP contribution >= 0.6 is 47.0 Å². The lowest BCUT2D eigenvalue weighted by Gasteiger charge is -2.38. The Morgan fingerprint density at radius 3 is 0.674 bits per heavy atom. The molecule has 13 aromatic rings. The van der Waals surface area contributed by atoms with Gasteiger partial charge in [0.05, 0.1) is 98.6 Å². The summed E-state index contributed by atoms with van der Waals surface area (Å²) in [5.41, 5.74) is 20.9. The minimum absolute atomic E-state index is 0.0256. The highest BCUT2D eigenvalue weighted by Crippen LogP contribution is 2.56. The number of fused-ring (bicyclic) bond motifs is 1. The van der Waals surface area contributed by atoms with Gasteiger partial charge in [-0.05, 0) is 206 Å². The second kappa shape index (κ2) is 48.0. The maximum atomic E-state index is 6.31. The van der Waals surface area contributed by atoms with E-state index < -0.39 is 10.8 Å². The highest BCUT2D eigenvalue weighted by Gasteiger charge is 2.41. The quantitative estimate of drug-likeness (QED) is 0.0266. The molecule has 16 heteroatoms. The number of hydrogen-bond acceptors (Lipinski definition) is 16. The van der Waals surface area contributed by atoms with Crippen LogP contribution in [0.2, 0.25) is 0 Å². The van der Waals surface area contributed by atoms with Gasteiger partial charge in [-0.25, -0.2) is 0 Å². The first-order valence-electron chi connectivity index (χ1n) is 48.5. The van der Waals surface area contributed by atoms with Crippen LogP contribution < -0.4 is 28.4 Å². The maximum Gasteiger partial charge on any atom is 0.127 e. The first-order valence-corrected chi connectivity index (χ1v) is 51.9. The van der Waals surface area contributed by atoms with Crippen LogP contribution in [0.1, 0.15) is 175 Å². The number of rotatable bonds is 46. The molecule has 0 saturated carbocycles. The average molecular weight is 1920 g/mol. The molecule has 0 spiro atoms. The van der Waals surface area contributed by atoms with E-state index in [0.29, 0.717) is 119 Å². The molecule has 0 saturated heterocycles. The Bertz CT molecular complexity index is 6020. The van der Waals surface area contributed by atoms with E-state index in [1.165, 1.54) is 96.2 Å². The van der Waals surface area contributed by atoms with Crippen LogP contribution in [0.4, 0.5) is 0 Å². The van der Waals surface area contributed by atoms with Gasteiger partial charge in [-0.3, -0.25) is 0 Å². The molecule has 718 valence electrons. The molecule has 0 N–H and O–H groups in total. The highest BCUT2D eigenvalue weighted by atomic mass is 32.2. The van der Waals surface area contributed by atoms with Gasteiger partial charge < -0.3 is 56.8 Å². The summed E-state index contributed by atoms with van der Waals surface area (Å²) in [6, 6.07) is 110. The molecule has 12 nitrogen and oxygen atoms in total. The minimum Gasteiger partial charge on any atom is -0.491 e. The van der Waals surface area contributed by atoms with E-state index >= 15 is 0 Å². The molecule has 15 rings (SSSR count). The van der Waals surface area contributed by atoms with Gasteiger partial charge in [0.25, 0.3) is 0 Å². The van der Waals surface area contributed by atoms with Gasteiger partial charge in [-0.2, -0.15) is 0 Å². The van der Waals surface area contributed by atoms with Crippen molar-refractivity contribution in [1.29, 1.82) is 0 Å². The summed E-state index contributed by atoms with van der Waals surface area (Å²) in [4.78, 5) is 2.39. The van der Waals surface area contributed by atoms with E-state index in [0.717, 1.165) is 80.4 Å². The fourth-order valence-electron chi connectivity index (χ4n) is 17.5. The normalized spacial score (nSPS) is 13.8. The molecule has 0 aromatic heterocycles. The van der Waals surface area contributed by atoms with Crippen LogP contribution in [0.15, 0.2) is 332 Å². The minimum atomic E-state index is -0.585. The fraction of sp³-hybridized carbons (Fsp3) is 0.328. The summed E-state index contributed by atoms with van der Waals surface area (Å²) in [5.74, 6) is 4.71. The number of ether oxygens (including phenoxy) is 12. The van der Waals surface area contributed by atoms with Crippen molar-refractivity contribution < 1.29 is 56.8 Å². The molecule has 0 radical (unpaired) electrons. The molecule has 2 aliphatic rings. The van der Waals surface area contributed by atoms with Gasteiger partial charge in [0.15, 0.2) is 0 Å². The lowest BCUT2D eigenvalue weighted by atomic mass is 9.64. The predicted octanol–water partition coefficient (Wildman–Crippen LogP) is 29.5. The summed E-state index contributed by atoms with van der Waals surface area (Å²) in [5, 5.41) is 6.32. The summed E-state index contributed by atoms with van der Waals surface area (Å²) in [6.07, 6.45) is 1.96. The molecule has 2 aliphatic heterocycles. The molecule has 0 unspecified atom stereocenters. The SMILES string of the molecule is CCc1ccc(C(c2ccc(OCCOCCOCC3=CS/C(=C4\SC=C(COCCOCCOc5ccc(-c6ccc(-c7ccc(OCCOCCOc8cccc9c(OCCOCCOc%10ccc(C(c%11ccc(CC)cc%11)(c%11ccc(C(C)(C)C)cc%11)c%11ccc(C(C)(C)C)cc%11)cc%10)cccc89)cc7)cc6)cc5)S4)S3)cc2)(c2ccc(C(C)(C)C)cc2)c2ccc(C(C)(C)C)cc2)cc1. The van der Waals surface area contributed by atoms with Gasteiger partial charge in [0.2, 0.25) is 0 Å². The monoisotopic (exact) mass is 1920 g/mol. The predicted molar refractivity (Wildman–Crippen MR) is 576 cm³/mol. The number of aryl methyl sites for hydroxylation is 2. The molecule has 0 atom stereocenters. The summed E-state index contributed by atoms with van der Waals surface area (Å²) in [7, 11) is 0. The largest absolute Gasteiger partial charge is 0.491 e. The number of benzene rings is 13. The molecular formula is C122H134O12S4. The summed E-state index contributed by atoms with van der Waals surface area (Å²) in [6.45, 7) is 39.8. The standard InChI is InChI=1S/C122H134O12S4/c1-15-87-23-35-97(36-24-87)121(99-47-39-93(40-48-99)117(3,4)5,100-49-41-94(42-50-100)118(6,7)8)103-55-63-107(64-56-103)131-78-72-124-68-70-128-84-110-86-136-116(138-110)115-135-85-109(137-115)83-127-69-67-123-71-77-129-105-59-31-91(32-60-105)89-27-29-90(30-28-89)92-33-61-106(62-34-92)130-79-73-125-75-81-133-113-21-17-20-112-111(113)19-18-22-114(112)134-82-76-126-74-80-132-108-65-57-104(58-66-108)122(98-37-25-88(16-2)26-38-98,101-51-43-95(44-52-101)119(9,10)11)102-53-45-96(46-54-102)120(12,13)14/h17-66,85-86H,15-16,67-84H2,1-14H3/b116-115-. The van der Waals surface area contributed by atoms with Crippen LogP contribution in [0.3, 0.4) is 0 Å². The maximum absolute atomic E-state index is 6.31. The Balaban J connectivity index is 0.410. The molecular weight excluding hydrogens is 1790 g/mol. The van der Waals surface area contributed by atoms with Crippen LogP contribution in [-0.4, -0.2) is 119 Å². The Morgan fingerprint density at radius 1 is 0.210 bits per heavy atom. The Hall–Kier alpha value is -10.7. The first-order chi connectivity index (χ1) is 66.8. The Kier molecular flexibility index (Phi) is 35.4. The van der Waals surface area contributed by atoms with Gasteiger partial charge in [0.1, 0.15) is 74.1 Å². The van der Waals surface area contributed by atoms with Crippen molar-refractivity contribution in [3.05, 3.63) is 410 Å². The Morgan fingerprint density at radius 2 is 0.420 bits per heavy atom. The summed E-state index contributed by atoms with van der Waals surface area (Å²) >= 11 is 7.08. The second-order valence-corrected chi connectivity index (χ2v) is 43.6. The van der Waals surface area contributed by atoms with Crippen LogP contribution in [0.5, 0.6) is 34.5 Å². The molecule has 0 aliphatic carbocycles. The van der Waals surface area contributed by atoms with Crippen LogP contribution in [0, 0.1) is 0 Å². The van der Waals surface area contributed by atoms with Crippen molar-refractivity contribution in [3.63, 3.8) is 0 Å². The van der Waals surface area contributed by atoms with E-state index in [-0.39, 0.29) is 21.7 Å². The van der Waals surface area contributed by atoms with Gasteiger partial charge in [0, 0.05) is 20.6 Å². The molecule has 0 amide bonds. The first kappa shape index (κ1) is 102. The Labute approximate surface area is 836 Å². The van der Waals surface area contributed by atoms with Gasteiger partial charge in [-0.1, -0.05) is 387 Å². The van der Waals surface area contributed by atoms with Gasteiger partial charge in [-0.15, -0.1) is 0 Å². The van der Waals surface area contributed by atoms with Gasteiger partial charge >= 0.3 is 0 Å². The molecule has 2 heterocycles. The third-order valence-corrected chi connectivity index (χ3v) is 30.7. The molecule has 0 fully saturated rings. The van der Waals surface area contributed by atoms with Crippen molar-refractivity contribution in [2.75, 3.05) is 119 Å². The molecule has 0 bridgehead atoms. The van der Waals surface area contributed by atoms with Crippen molar-refractivity contribution in [2.45, 2.75) is 142 Å². The van der Waals surface area contributed by atoms with Crippen molar-refractivity contribution in [1.82, 2.24) is 0 Å². The third-order valence-electron chi connectivity index (χ3n) is 25.4. The zero-order valence-electron chi connectivity index (χ0n) is 82.7. The van der Waals surface area contributed by atoms with Crippen molar-refractivity contribution in [2.24, 2.45) is 0 Å². The number of hydrogen-bond donors (Lipinski definition) is 0. The topological polar surface area (TPSA) is 111 Å².